The molecule has 2 amide bonds. The lowest BCUT2D eigenvalue weighted by Crippen LogP contribution is -2.44. The van der Waals surface area contributed by atoms with Crippen LogP contribution >= 0.6 is 11.6 Å². The van der Waals surface area contributed by atoms with E-state index in [1.807, 2.05) is 19.1 Å². The molecule has 110 valence electrons. The number of halogens is 1. The molecule has 1 fully saturated rings. The number of amides is 2. The van der Waals surface area contributed by atoms with Crippen LogP contribution in [-0.4, -0.2) is 35.2 Å². The van der Waals surface area contributed by atoms with Crippen molar-refractivity contribution in [1.29, 1.82) is 0 Å². The van der Waals surface area contributed by atoms with Crippen LogP contribution in [0.25, 0.3) is 0 Å². The lowest BCUT2D eigenvalue weighted by Gasteiger charge is -2.28. The lowest BCUT2D eigenvalue weighted by atomic mass is 10.1. The second-order valence-electron chi connectivity index (χ2n) is 5.27. The van der Waals surface area contributed by atoms with E-state index in [1.165, 1.54) is 0 Å². The van der Waals surface area contributed by atoms with Crippen LogP contribution in [0.4, 0.5) is 10.5 Å². The molecule has 0 aliphatic carbocycles. The van der Waals surface area contributed by atoms with E-state index >= 15 is 0 Å². The number of benzene rings is 1. The van der Waals surface area contributed by atoms with Crippen molar-refractivity contribution in [3.8, 4) is 0 Å². The van der Waals surface area contributed by atoms with E-state index < -0.39 is 0 Å². The highest BCUT2D eigenvalue weighted by Gasteiger charge is 2.24. The van der Waals surface area contributed by atoms with Crippen LogP contribution in [0.1, 0.15) is 31.2 Å². The second-order valence-corrected chi connectivity index (χ2v) is 5.68. The first-order valence-corrected chi connectivity index (χ1v) is 7.44. The molecule has 0 saturated carbocycles. The monoisotopic (exact) mass is 296 g/mol. The van der Waals surface area contributed by atoms with Crippen molar-refractivity contribution in [3.63, 3.8) is 0 Å². The minimum absolute atomic E-state index is 0.0159. The van der Waals surface area contributed by atoms with Crippen molar-refractivity contribution in [2.24, 2.45) is 0 Å². The Morgan fingerprint density at radius 1 is 1.45 bits per heavy atom. The number of carbonyl (C=O) groups is 1. The van der Waals surface area contributed by atoms with Gasteiger partial charge in [-0.1, -0.05) is 30.5 Å². The molecule has 1 aromatic rings. The lowest BCUT2D eigenvalue weighted by molar-refractivity contribution is 0.142. The number of aliphatic hydroxyl groups excluding tert-OH is 1. The quantitative estimate of drug-likeness (QED) is 0.878. The summed E-state index contributed by atoms with van der Waals surface area (Å²) in [5, 5.41) is 12.9. The highest BCUT2D eigenvalue weighted by molar-refractivity contribution is 6.31. The van der Waals surface area contributed by atoms with Crippen LogP contribution < -0.4 is 5.32 Å². The van der Waals surface area contributed by atoms with Crippen LogP contribution in [-0.2, 0) is 0 Å². The predicted octanol–water partition coefficient (Wildman–Crippen LogP) is 3.42. The molecule has 2 N–H and O–H groups in total. The molecule has 0 radical (unpaired) electrons. The van der Waals surface area contributed by atoms with Crippen LogP contribution in [0.5, 0.6) is 0 Å². The van der Waals surface area contributed by atoms with E-state index in [0.717, 1.165) is 31.2 Å². The van der Waals surface area contributed by atoms with Gasteiger partial charge >= 0.3 is 6.03 Å². The molecule has 4 nitrogen and oxygen atoms in total. The van der Waals surface area contributed by atoms with Gasteiger partial charge in [0.15, 0.2) is 0 Å². The number of carbonyl (C=O) groups excluding carboxylic acids is 1. The van der Waals surface area contributed by atoms with Gasteiger partial charge < -0.3 is 15.3 Å². The van der Waals surface area contributed by atoms with Crippen molar-refractivity contribution in [2.75, 3.05) is 18.5 Å². The number of hydrogen-bond donors (Lipinski definition) is 2. The van der Waals surface area contributed by atoms with Crippen LogP contribution in [0.2, 0.25) is 5.02 Å². The normalized spacial score (nSPS) is 19.6. The van der Waals surface area contributed by atoms with E-state index in [-0.39, 0.29) is 18.7 Å². The van der Waals surface area contributed by atoms with Crippen LogP contribution in [0, 0.1) is 6.92 Å². The summed E-state index contributed by atoms with van der Waals surface area (Å²) in [6, 6.07) is 5.22. The molecule has 1 saturated heterocycles. The third kappa shape index (κ3) is 3.64. The molecule has 0 bridgehead atoms. The number of rotatable bonds is 2. The van der Waals surface area contributed by atoms with Gasteiger partial charge in [-0.25, -0.2) is 4.79 Å². The van der Waals surface area contributed by atoms with Gasteiger partial charge in [0.1, 0.15) is 0 Å². The first-order valence-electron chi connectivity index (χ1n) is 7.06. The topological polar surface area (TPSA) is 52.6 Å². The number of nitrogens with zero attached hydrogens (tertiary/aromatic N) is 1. The molecule has 0 aromatic heterocycles. The molecule has 20 heavy (non-hydrogen) atoms. The standard InChI is InChI=1S/C15H21ClN2O2/c1-11-6-7-12(9-14(11)16)17-15(20)18-8-4-2-3-5-13(18)10-19/h6-7,9,13,19H,2-5,8,10H2,1H3,(H,17,20). The second kappa shape index (κ2) is 6.95. The molecule has 0 spiro atoms. The zero-order valence-corrected chi connectivity index (χ0v) is 12.5. The first-order chi connectivity index (χ1) is 9.61. The van der Waals surface area contributed by atoms with Gasteiger partial charge in [-0.15, -0.1) is 0 Å². The number of likely N-dealkylation sites (tertiary alicyclic amines) is 1. The van der Waals surface area contributed by atoms with Gasteiger partial charge in [-0.2, -0.15) is 0 Å². The van der Waals surface area contributed by atoms with Gasteiger partial charge in [0.2, 0.25) is 0 Å². The third-order valence-corrected chi connectivity index (χ3v) is 4.18. The van der Waals surface area contributed by atoms with Gasteiger partial charge in [0, 0.05) is 17.3 Å². The minimum atomic E-state index is -0.161. The van der Waals surface area contributed by atoms with Gasteiger partial charge in [-0.3, -0.25) is 0 Å². The van der Waals surface area contributed by atoms with Crippen LogP contribution in [0.3, 0.4) is 0 Å². The Bertz CT molecular complexity index is 479. The van der Waals surface area contributed by atoms with E-state index in [1.54, 1.807) is 11.0 Å². The first kappa shape index (κ1) is 15.1. The number of aliphatic hydroxyl groups is 1. The van der Waals surface area contributed by atoms with Gasteiger partial charge in [0.25, 0.3) is 0 Å². The Morgan fingerprint density at radius 3 is 2.95 bits per heavy atom. The maximum absolute atomic E-state index is 12.3. The number of anilines is 1. The highest BCUT2D eigenvalue weighted by atomic mass is 35.5. The van der Waals surface area contributed by atoms with Crippen molar-refractivity contribution in [2.45, 2.75) is 38.6 Å². The molecule has 2 rings (SSSR count). The molecule has 1 atom stereocenters. The predicted molar refractivity (Wildman–Crippen MR) is 81.3 cm³/mol. The maximum Gasteiger partial charge on any atom is 0.322 e. The molecule has 1 aliphatic heterocycles. The van der Waals surface area contributed by atoms with Gasteiger partial charge in [0.05, 0.1) is 12.6 Å². The third-order valence-electron chi connectivity index (χ3n) is 3.77. The Hall–Kier alpha value is -1.26. The molecular formula is C15H21ClN2O2. The van der Waals surface area contributed by atoms with E-state index in [4.69, 9.17) is 11.6 Å². The van der Waals surface area contributed by atoms with Crippen molar-refractivity contribution in [1.82, 2.24) is 4.90 Å². The Kier molecular flexibility index (Phi) is 5.26. The summed E-state index contributed by atoms with van der Waals surface area (Å²) in [4.78, 5) is 14.1. The summed E-state index contributed by atoms with van der Waals surface area (Å²) < 4.78 is 0. The summed E-state index contributed by atoms with van der Waals surface area (Å²) in [6.07, 6.45) is 4.01. The number of urea groups is 1. The zero-order valence-electron chi connectivity index (χ0n) is 11.7. The molecule has 5 heteroatoms. The average molecular weight is 297 g/mol. The van der Waals surface area contributed by atoms with Gasteiger partial charge in [-0.05, 0) is 37.5 Å². The molecule has 1 aliphatic rings. The fourth-order valence-corrected chi connectivity index (χ4v) is 2.68. The summed E-state index contributed by atoms with van der Waals surface area (Å²) >= 11 is 6.06. The van der Waals surface area contributed by atoms with Crippen molar-refractivity contribution in [3.05, 3.63) is 28.8 Å². The van der Waals surface area contributed by atoms with E-state index in [2.05, 4.69) is 5.32 Å². The Balaban J connectivity index is 2.07. The van der Waals surface area contributed by atoms with Crippen molar-refractivity contribution >= 4 is 23.3 Å². The van der Waals surface area contributed by atoms with Crippen molar-refractivity contribution < 1.29 is 9.90 Å². The molecule has 1 aromatic carbocycles. The average Bonchev–Trinajstić information content (AvgIpc) is 2.68. The zero-order chi connectivity index (χ0) is 14.5. The summed E-state index contributed by atoms with van der Waals surface area (Å²) in [6.45, 7) is 2.63. The largest absolute Gasteiger partial charge is 0.394 e. The Morgan fingerprint density at radius 2 is 2.25 bits per heavy atom. The highest BCUT2D eigenvalue weighted by Crippen LogP contribution is 2.22. The fraction of sp³-hybridized carbons (Fsp3) is 0.533. The summed E-state index contributed by atoms with van der Waals surface area (Å²) in [5.41, 5.74) is 1.67. The number of nitrogens with one attached hydrogen (secondary N) is 1. The SMILES string of the molecule is Cc1ccc(NC(=O)N2CCCCCC2CO)cc1Cl. The summed E-state index contributed by atoms with van der Waals surface area (Å²) in [5.74, 6) is 0. The minimum Gasteiger partial charge on any atom is -0.394 e. The fourth-order valence-electron chi connectivity index (χ4n) is 2.50. The van der Waals surface area contributed by atoms with E-state index in [0.29, 0.717) is 17.3 Å². The number of aryl methyl sites for hydroxylation is 1. The van der Waals surface area contributed by atoms with Crippen LogP contribution in [0.15, 0.2) is 18.2 Å². The maximum atomic E-state index is 12.3. The Labute approximate surface area is 124 Å². The molecule has 1 heterocycles. The number of hydrogen-bond acceptors (Lipinski definition) is 2. The molecular weight excluding hydrogens is 276 g/mol. The van der Waals surface area contributed by atoms with E-state index in [9.17, 15) is 9.90 Å². The summed E-state index contributed by atoms with van der Waals surface area (Å²) in [7, 11) is 0. The molecule has 1 unspecified atom stereocenters. The smallest absolute Gasteiger partial charge is 0.322 e.